The van der Waals surface area contributed by atoms with Crippen LogP contribution in [0.5, 0.6) is 0 Å². The fraction of sp³-hybridized carbons (Fsp3) is 0.909. The van der Waals surface area contributed by atoms with Gasteiger partial charge in [0.2, 0.25) is 5.91 Å². The summed E-state index contributed by atoms with van der Waals surface area (Å²) in [5.74, 6) is 0.0841. The molecule has 0 aromatic rings. The molecule has 1 aliphatic rings. The lowest BCUT2D eigenvalue weighted by Crippen LogP contribution is -2.36. The highest BCUT2D eigenvalue weighted by Crippen LogP contribution is 2.28. The number of carbonyl (C=O) groups is 1. The van der Waals surface area contributed by atoms with Gasteiger partial charge in [-0.15, -0.1) is 0 Å². The number of hydrogen-bond donors (Lipinski definition) is 1. The first-order valence-corrected chi connectivity index (χ1v) is 5.56. The normalized spacial score (nSPS) is 26.3. The molecule has 0 spiro atoms. The van der Waals surface area contributed by atoms with Gasteiger partial charge in [-0.2, -0.15) is 0 Å². The zero-order valence-electron chi connectivity index (χ0n) is 9.95. The Labute approximate surface area is 91.8 Å². The molecule has 4 heteroatoms. The molecule has 1 unspecified atom stereocenters. The minimum atomic E-state index is 0.0841. The third-order valence-corrected chi connectivity index (χ3v) is 2.94. The van der Waals surface area contributed by atoms with Gasteiger partial charge >= 0.3 is 0 Å². The van der Waals surface area contributed by atoms with E-state index in [0.29, 0.717) is 6.54 Å². The van der Waals surface area contributed by atoms with Crippen molar-refractivity contribution in [2.45, 2.75) is 33.3 Å². The molecule has 0 aromatic heterocycles. The van der Waals surface area contributed by atoms with Crippen LogP contribution in [0.25, 0.3) is 0 Å². The van der Waals surface area contributed by atoms with Gasteiger partial charge in [-0.05, 0) is 32.2 Å². The van der Waals surface area contributed by atoms with Crippen LogP contribution in [0.3, 0.4) is 0 Å². The molecule has 0 saturated carbocycles. The topological polar surface area (TPSA) is 55.6 Å². The number of likely N-dealkylation sites (tertiary alicyclic amines) is 1. The Bertz CT molecular complexity index is 231. The molecule has 0 bridgehead atoms. The highest BCUT2D eigenvalue weighted by molar-refractivity contribution is 5.77. The second-order valence-corrected chi connectivity index (χ2v) is 4.94. The first-order valence-electron chi connectivity index (χ1n) is 5.56. The Morgan fingerprint density at radius 2 is 2.27 bits per heavy atom. The molecular weight excluding hydrogens is 192 g/mol. The minimum absolute atomic E-state index is 0.0841. The Morgan fingerprint density at radius 3 is 2.73 bits per heavy atom. The molecule has 1 amide bonds. The fourth-order valence-electron chi connectivity index (χ4n) is 1.73. The van der Waals surface area contributed by atoms with Gasteiger partial charge < -0.3 is 15.4 Å². The molecule has 88 valence electrons. The van der Waals surface area contributed by atoms with E-state index in [0.717, 1.165) is 19.5 Å². The van der Waals surface area contributed by atoms with Crippen molar-refractivity contribution < 1.29 is 9.53 Å². The summed E-state index contributed by atoms with van der Waals surface area (Å²) in [6, 6.07) is 0. The van der Waals surface area contributed by atoms with Crippen LogP contribution in [0.15, 0.2) is 0 Å². The summed E-state index contributed by atoms with van der Waals surface area (Å²) in [7, 11) is 0. The van der Waals surface area contributed by atoms with Crippen LogP contribution in [0, 0.1) is 5.41 Å². The van der Waals surface area contributed by atoms with Crippen LogP contribution < -0.4 is 5.73 Å². The summed E-state index contributed by atoms with van der Waals surface area (Å²) < 4.78 is 5.30. The number of nitrogens with zero attached hydrogens (tertiary/aromatic N) is 1. The Hall–Kier alpha value is -0.610. The van der Waals surface area contributed by atoms with Crippen LogP contribution in [-0.2, 0) is 9.53 Å². The number of nitrogens with two attached hydrogens (primary N) is 1. The lowest BCUT2D eigenvalue weighted by atomic mass is 9.90. The average molecular weight is 214 g/mol. The van der Waals surface area contributed by atoms with Crippen molar-refractivity contribution in [3.8, 4) is 0 Å². The van der Waals surface area contributed by atoms with E-state index in [2.05, 4.69) is 6.92 Å². The van der Waals surface area contributed by atoms with Crippen LogP contribution in [-0.4, -0.2) is 43.2 Å². The zero-order valence-corrected chi connectivity index (χ0v) is 9.95. The van der Waals surface area contributed by atoms with Crippen LogP contribution in [0.2, 0.25) is 0 Å². The Morgan fingerprint density at radius 1 is 1.60 bits per heavy atom. The number of rotatable bonds is 4. The molecule has 1 heterocycles. The van der Waals surface area contributed by atoms with Gasteiger partial charge in [-0.25, -0.2) is 0 Å². The van der Waals surface area contributed by atoms with Crippen molar-refractivity contribution >= 4 is 5.91 Å². The Kier molecular flexibility index (Phi) is 4.11. The van der Waals surface area contributed by atoms with E-state index < -0.39 is 0 Å². The van der Waals surface area contributed by atoms with Gasteiger partial charge in [-0.1, -0.05) is 6.92 Å². The summed E-state index contributed by atoms with van der Waals surface area (Å²) >= 11 is 0. The predicted molar refractivity (Wildman–Crippen MR) is 59.4 cm³/mol. The predicted octanol–water partition coefficient (Wildman–Crippen LogP) is 0.609. The summed E-state index contributed by atoms with van der Waals surface area (Å²) in [6.45, 7) is 8.41. The van der Waals surface area contributed by atoms with Crippen molar-refractivity contribution in [1.29, 1.82) is 0 Å². The van der Waals surface area contributed by atoms with E-state index in [1.807, 2.05) is 18.7 Å². The van der Waals surface area contributed by atoms with E-state index in [9.17, 15) is 4.79 Å². The number of hydrogen-bond acceptors (Lipinski definition) is 3. The standard InChI is InChI=1S/C11H22N2O2/c1-9(2)15-6-10(14)13-5-4-11(3,7-12)8-13/h9H,4-8,12H2,1-3H3. The summed E-state index contributed by atoms with van der Waals surface area (Å²) in [5.41, 5.74) is 5.79. The molecule has 1 aliphatic heterocycles. The molecule has 0 aromatic carbocycles. The molecule has 2 N–H and O–H groups in total. The van der Waals surface area contributed by atoms with Crippen molar-refractivity contribution in [2.75, 3.05) is 26.2 Å². The molecule has 0 radical (unpaired) electrons. The summed E-state index contributed by atoms with van der Waals surface area (Å²) in [4.78, 5) is 13.6. The third kappa shape index (κ3) is 3.47. The van der Waals surface area contributed by atoms with Gasteiger partial charge in [-0.3, -0.25) is 4.79 Å². The average Bonchev–Trinajstić information content (AvgIpc) is 2.58. The van der Waals surface area contributed by atoms with Crippen molar-refractivity contribution in [3.63, 3.8) is 0 Å². The molecule has 1 rings (SSSR count). The molecule has 1 fully saturated rings. The summed E-state index contributed by atoms with van der Waals surface area (Å²) in [5, 5.41) is 0. The molecule has 1 atom stereocenters. The number of amides is 1. The van der Waals surface area contributed by atoms with Crippen LogP contribution in [0.1, 0.15) is 27.2 Å². The quantitative estimate of drug-likeness (QED) is 0.746. The van der Waals surface area contributed by atoms with Crippen molar-refractivity contribution in [2.24, 2.45) is 11.1 Å². The molecule has 0 aliphatic carbocycles. The van der Waals surface area contributed by atoms with E-state index in [4.69, 9.17) is 10.5 Å². The molecular formula is C11H22N2O2. The van der Waals surface area contributed by atoms with Gasteiger partial charge in [0.25, 0.3) is 0 Å². The van der Waals surface area contributed by atoms with E-state index >= 15 is 0 Å². The lowest BCUT2D eigenvalue weighted by molar-refractivity contribution is -0.136. The van der Waals surface area contributed by atoms with E-state index in [1.165, 1.54) is 0 Å². The SMILES string of the molecule is CC(C)OCC(=O)N1CCC(C)(CN)C1. The number of ether oxygens (including phenoxy) is 1. The zero-order chi connectivity index (χ0) is 11.5. The van der Waals surface area contributed by atoms with Gasteiger partial charge in [0, 0.05) is 13.1 Å². The van der Waals surface area contributed by atoms with Gasteiger partial charge in [0.05, 0.1) is 6.10 Å². The van der Waals surface area contributed by atoms with Crippen LogP contribution in [0.4, 0.5) is 0 Å². The molecule has 1 saturated heterocycles. The summed E-state index contributed by atoms with van der Waals surface area (Å²) in [6.07, 6.45) is 1.11. The highest BCUT2D eigenvalue weighted by atomic mass is 16.5. The fourth-order valence-corrected chi connectivity index (χ4v) is 1.73. The minimum Gasteiger partial charge on any atom is -0.369 e. The molecule has 15 heavy (non-hydrogen) atoms. The van der Waals surface area contributed by atoms with Crippen molar-refractivity contribution in [1.82, 2.24) is 4.90 Å². The second-order valence-electron chi connectivity index (χ2n) is 4.94. The Balaban J connectivity index is 2.37. The lowest BCUT2D eigenvalue weighted by Gasteiger charge is -2.22. The maximum Gasteiger partial charge on any atom is 0.248 e. The van der Waals surface area contributed by atoms with Crippen LogP contribution >= 0.6 is 0 Å². The van der Waals surface area contributed by atoms with Crippen molar-refractivity contribution in [3.05, 3.63) is 0 Å². The third-order valence-electron chi connectivity index (χ3n) is 2.94. The van der Waals surface area contributed by atoms with E-state index in [-0.39, 0.29) is 24.0 Å². The molecule has 4 nitrogen and oxygen atoms in total. The first kappa shape index (κ1) is 12.5. The second kappa shape index (κ2) is 4.94. The first-order chi connectivity index (χ1) is 6.97. The van der Waals surface area contributed by atoms with Gasteiger partial charge in [0.15, 0.2) is 0 Å². The monoisotopic (exact) mass is 214 g/mol. The highest BCUT2D eigenvalue weighted by Gasteiger charge is 2.34. The largest absolute Gasteiger partial charge is 0.369 e. The maximum absolute atomic E-state index is 11.7. The van der Waals surface area contributed by atoms with E-state index in [1.54, 1.807) is 0 Å². The smallest absolute Gasteiger partial charge is 0.248 e. The number of carbonyl (C=O) groups excluding carboxylic acids is 1. The van der Waals surface area contributed by atoms with Gasteiger partial charge in [0.1, 0.15) is 6.61 Å². The maximum atomic E-state index is 11.7.